The maximum Gasteiger partial charge on any atom is 0.323 e. The zero-order chi connectivity index (χ0) is 12.7. The van der Waals surface area contributed by atoms with E-state index in [4.69, 9.17) is 9.47 Å². The second-order valence-electron chi connectivity index (χ2n) is 4.70. The van der Waals surface area contributed by atoms with Gasteiger partial charge in [-0.15, -0.1) is 0 Å². The highest BCUT2D eigenvalue weighted by molar-refractivity contribution is 14.1. The Morgan fingerprint density at radius 3 is 2.00 bits per heavy atom. The molecule has 0 N–H and O–H groups in total. The van der Waals surface area contributed by atoms with Crippen LogP contribution in [0, 0.1) is 11.3 Å². The Kier molecular flexibility index (Phi) is 3.40. The smallest absolute Gasteiger partial charge is 0.323 e. The maximum atomic E-state index is 12.0. The van der Waals surface area contributed by atoms with Gasteiger partial charge in [0.1, 0.15) is 0 Å². The quantitative estimate of drug-likeness (QED) is 0.329. The number of rotatable bonds is 5. The Balaban J connectivity index is 2.14. The molecule has 4 nitrogen and oxygen atoms in total. The van der Waals surface area contributed by atoms with E-state index in [1.807, 2.05) is 0 Å². The lowest BCUT2D eigenvalue weighted by Gasteiger charge is -2.16. The van der Waals surface area contributed by atoms with Crippen LogP contribution in [0.3, 0.4) is 0 Å². The number of carbonyl (C=O) groups is 2. The zero-order valence-corrected chi connectivity index (χ0v) is 12.3. The van der Waals surface area contributed by atoms with Gasteiger partial charge in [0, 0.05) is 9.34 Å². The SMILES string of the molecule is CCOC(=O)C1(C(=O)OCC)CC1C1(I)CC1. The van der Waals surface area contributed by atoms with Crippen molar-refractivity contribution in [1.82, 2.24) is 0 Å². The molecule has 0 saturated heterocycles. The third kappa shape index (κ3) is 2.06. The van der Waals surface area contributed by atoms with Crippen LogP contribution in [0.5, 0.6) is 0 Å². The molecule has 2 aliphatic carbocycles. The summed E-state index contributed by atoms with van der Waals surface area (Å²) in [5.74, 6) is -0.688. The second-order valence-corrected chi connectivity index (χ2v) is 6.85. The molecule has 0 spiro atoms. The lowest BCUT2D eigenvalue weighted by molar-refractivity contribution is -0.165. The minimum Gasteiger partial charge on any atom is -0.465 e. The topological polar surface area (TPSA) is 52.6 Å². The maximum absolute atomic E-state index is 12.0. The van der Waals surface area contributed by atoms with Gasteiger partial charge < -0.3 is 9.47 Å². The standard InChI is InChI=1S/C12H17IO4/c1-3-16-9(14)12(10(15)17-4-2)7-8(12)11(13)5-6-11/h8H,3-7H2,1-2H3. The monoisotopic (exact) mass is 352 g/mol. The van der Waals surface area contributed by atoms with Gasteiger partial charge in [0.05, 0.1) is 13.2 Å². The molecule has 2 fully saturated rings. The fourth-order valence-electron chi connectivity index (χ4n) is 2.41. The van der Waals surface area contributed by atoms with Gasteiger partial charge in [-0.1, -0.05) is 22.6 Å². The molecule has 0 radical (unpaired) electrons. The van der Waals surface area contributed by atoms with Crippen LogP contribution in [0.2, 0.25) is 0 Å². The van der Waals surface area contributed by atoms with Crippen molar-refractivity contribution in [2.75, 3.05) is 13.2 Å². The molecule has 96 valence electrons. The highest BCUT2D eigenvalue weighted by Crippen LogP contribution is 2.69. The van der Waals surface area contributed by atoms with Gasteiger partial charge in [0.15, 0.2) is 5.41 Å². The predicted molar refractivity (Wildman–Crippen MR) is 69.8 cm³/mol. The molecule has 1 unspecified atom stereocenters. The number of carbonyl (C=O) groups excluding carboxylic acids is 2. The summed E-state index contributed by atoms with van der Waals surface area (Å²) in [7, 11) is 0. The molecule has 5 heteroatoms. The second kappa shape index (κ2) is 4.40. The number of ether oxygens (including phenoxy) is 2. The molecule has 17 heavy (non-hydrogen) atoms. The Labute approximate surface area is 115 Å². The molecule has 0 aromatic rings. The molecule has 0 bridgehead atoms. The normalized spacial score (nSPS) is 27.1. The summed E-state index contributed by atoms with van der Waals surface area (Å²) in [5, 5.41) is 0. The van der Waals surface area contributed by atoms with E-state index in [2.05, 4.69) is 22.6 Å². The van der Waals surface area contributed by atoms with Crippen LogP contribution in [0.1, 0.15) is 33.1 Å². The number of hydrogen-bond donors (Lipinski definition) is 0. The van der Waals surface area contributed by atoms with E-state index in [9.17, 15) is 9.59 Å². The first kappa shape index (κ1) is 13.1. The average molecular weight is 352 g/mol. The van der Waals surface area contributed by atoms with Crippen molar-refractivity contribution in [2.24, 2.45) is 11.3 Å². The Bertz CT molecular complexity index is 330. The van der Waals surface area contributed by atoms with Crippen LogP contribution < -0.4 is 0 Å². The summed E-state index contributed by atoms with van der Waals surface area (Å²) in [6.45, 7) is 4.12. The van der Waals surface area contributed by atoms with Gasteiger partial charge in [0.2, 0.25) is 0 Å². The Morgan fingerprint density at radius 1 is 1.18 bits per heavy atom. The van der Waals surface area contributed by atoms with E-state index >= 15 is 0 Å². The number of esters is 2. The zero-order valence-electron chi connectivity index (χ0n) is 10.1. The van der Waals surface area contributed by atoms with Gasteiger partial charge in [0.25, 0.3) is 0 Å². The van der Waals surface area contributed by atoms with E-state index in [1.165, 1.54) is 0 Å². The summed E-state index contributed by atoms with van der Waals surface area (Å²) in [5.41, 5.74) is -0.996. The van der Waals surface area contributed by atoms with E-state index in [-0.39, 0.29) is 9.34 Å². The van der Waals surface area contributed by atoms with Gasteiger partial charge >= 0.3 is 11.9 Å². The summed E-state index contributed by atoms with van der Waals surface area (Å²) >= 11 is 2.37. The Morgan fingerprint density at radius 2 is 1.65 bits per heavy atom. The van der Waals surface area contributed by atoms with E-state index in [1.54, 1.807) is 13.8 Å². The van der Waals surface area contributed by atoms with Crippen LogP contribution in [0.25, 0.3) is 0 Å². The molecule has 0 aliphatic heterocycles. The van der Waals surface area contributed by atoms with Gasteiger partial charge in [-0.2, -0.15) is 0 Å². The predicted octanol–water partition coefficient (Wildman–Crippen LogP) is 2.09. The van der Waals surface area contributed by atoms with Crippen molar-refractivity contribution in [2.45, 2.75) is 36.5 Å². The molecule has 2 aliphatic rings. The average Bonchev–Trinajstić information content (AvgIpc) is 3.13. The molecule has 0 heterocycles. The summed E-state index contributed by atoms with van der Waals surface area (Å²) in [6.07, 6.45) is 2.76. The van der Waals surface area contributed by atoms with Crippen LogP contribution in [0.4, 0.5) is 0 Å². The summed E-state index contributed by atoms with van der Waals surface area (Å²) in [4.78, 5) is 24.0. The fourth-order valence-corrected chi connectivity index (χ4v) is 3.43. The fraction of sp³-hybridized carbons (Fsp3) is 0.833. The molecule has 0 amide bonds. The molecule has 0 aromatic carbocycles. The van der Waals surface area contributed by atoms with Crippen molar-refractivity contribution in [3.8, 4) is 0 Å². The lowest BCUT2D eigenvalue weighted by Crippen LogP contribution is -2.33. The number of alkyl halides is 1. The van der Waals surface area contributed by atoms with Crippen molar-refractivity contribution < 1.29 is 19.1 Å². The van der Waals surface area contributed by atoms with Crippen molar-refractivity contribution in [1.29, 1.82) is 0 Å². The lowest BCUT2D eigenvalue weighted by atomic mass is 10.0. The number of halogens is 1. The Hall–Kier alpha value is -0.330. The summed E-state index contributed by atoms with van der Waals surface area (Å²) < 4.78 is 10.2. The van der Waals surface area contributed by atoms with Crippen LogP contribution in [-0.2, 0) is 19.1 Å². The van der Waals surface area contributed by atoms with Crippen LogP contribution >= 0.6 is 22.6 Å². The molecular formula is C12H17IO4. The molecule has 1 atom stereocenters. The third-order valence-electron chi connectivity index (χ3n) is 3.59. The minimum atomic E-state index is -0.996. The van der Waals surface area contributed by atoms with E-state index < -0.39 is 17.4 Å². The first-order valence-electron chi connectivity index (χ1n) is 6.04. The van der Waals surface area contributed by atoms with Crippen LogP contribution in [-0.4, -0.2) is 28.6 Å². The van der Waals surface area contributed by atoms with Gasteiger partial charge in [-0.3, -0.25) is 9.59 Å². The number of hydrogen-bond acceptors (Lipinski definition) is 4. The van der Waals surface area contributed by atoms with Gasteiger partial charge in [-0.05, 0) is 33.1 Å². The van der Waals surface area contributed by atoms with Crippen molar-refractivity contribution in [3.63, 3.8) is 0 Å². The largest absolute Gasteiger partial charge is 0.465 e. The van der Waals surface area contributed by atoms with Crippen molar-refractivity contribution >= 4 is 34.5 Å². The highest BCUT2D eigenvalue weighted by atomic mass is 127. The van der Waals surface area contributed by atoms with E-state index in [0.717, 1.165) is 12.8 Å². The molecule has 2 rings (SSSR count). The first-order valence-corrected chi connectivity index (χ1v) is 7.12. The van der Waals surface area contributed by atoms with Crippen molar-refractivity contribution in [3.05, 3.63) is 0 Å². The molecule has 0 aromatic heterocycles. The highest BCUT2D eigenvalue weighted by Gasteiger charge is 2.76. The third-order valence-corrected chi connectivity index (χ3v) is 5.42. The van der Waals surface area contributed by atoms with Crippen LogP contribution in [0.15, 0.2) is 0 Å². The first-order chi connectivity index (χ1) is 8.01. The van der Waals surface area contributed by atoms with Gasteiger partial charge in [-0.25, -0.2) is 0 Å². The summed E-state index contributed by atoms with van der Waals surface area (Å²) in [6, 6.07) is 0. The molecular weight excluding hydrogens is 335 g/mol. The molecule has 2 saturated carbocycles. The van der Waals surface area contributed by atoms with E-state index in [0.29, 0.717) is 19.6 Å². The minimum absolute atomic E-state index is 0.105.